The average molecular weight is 506 g/mol. The molecule has 0 saturated carbocycles. The van der Waals surface area contributed by atoms with Crippen molar-refractivity contribution in [3.8, 4) is 12.3 Å². The molecular formula is C22H23N3O9S. The first-order chi connectivity index (χ1) is 16.5. The standard InChI is InChI=1S/C22H23N3O9S/c1-4-16-10-25(22(28)24-20(16)23)21-19(32-14(3)27)18(17(33-21)11-31-13(2)26)34-35(29,30)12-15-8-6-5-7-9-15/h1,5-10,17-19,21H,11-12H2,2-3H3,(H2,23,24,28)/t17-,18+,19-,21-/m1/s1. The van der Waals surface area contributed by atoms with Gasteiger partial charge in [-0.15, -0.1) is 6.42 Å². The summed E-state index contributed by atoms with van der Waals surface area (Å²) in [4.78, 5) is 39.5. The number of carbonyl (C=O) groups is 2. The van der Waals surface area contributed by atoms with Crippen LogP contribution in [-0.4, -0.2) is 54.8 Å². The van der Waals surface area contributed by atoms with Gasteiger partial charge in [0, 0.05) is 20.0 Å². The molecule has 1 aromatic carbocycles. The Morgan fingerprint density at radius 1 is 1.20 bits per heavy atom. The van der Waals surface area contributed by atoms with Gasteiger partial charge >= 0.3 is 17.6 Å². The number of ether oxygens (including phenoxy) is 3. The molecule has 2 aromatic rings. The van der Waals surface area contributed by atoms with E-state index in [1.807, 2.05) is 0 Å². The van der Waals surface area contributed by atoms with Gasteiger partial charge in [-0.3, -0.25) is 18.3 Å². The first kappa shape index (κ1) is 25.9. The van der Waals surface area contributed by atoms with Crippen LogP contribution in [0.4, 0.5) is 5.82 Å². The number of aromatic nitrogens is 2. The molecule has 3 rings (SSSR count). The van der Waals surface area contributed by atoms with Crippen molar-refractivity contribution in [1.29, 1.82) is 0 Å². The van der Waals surface area contributed by atoms with Crippen molar-refractivity contribution >= 4 is 27.9 Å². The number of terminal acetylenes is 1. The summed E-state index contributed by atoms with van der Waals surface area (Å²) in [5.41, 5.74) is 5.25. The third-order valence-electron chi connectivity index (χ3n) is 4.89. The third kappa shape index (κ3) is 6.44. The molecule has 1 aliphatic rings. The van der Waals surface area contributed by atoms with Crippen LogP contribution in [0.15, 0.2) is 41.3 Å². The number of anilines is 1. The van der Waals surface area contributed by atoms with Crippen molar-refractivity contribution in [2.24, 2.45) is 0 Å². The normalized spacial score (nSPS) is 21.7. The second kappa shape index (κ2) is 10.7. The van der Waals surface area contributed by atoms with Gasteiger partial charge < -0.3 is 19.9 Å². The molecule has 0 unspecified atom stereocenters. The van der Waals surface area contributed by atoms with Crippen LogP contribution in [0.1, 0.15) is 31.2 Å². The van der Waals surface area contributed by atoms with Crippen molar-refractivity contribution in [3.05, 3.63) is 58.1 Å². The maximum atomic E-state index is 12.9. The first-order valence-corrected chi connectivity index (χ1v) is 11.8. The van der Waals surface area contributed by atoms with Crippen LogP contribution in [-0.2, 0) is 43.9 Å². The fourth-order valence-corrected chi connectivity index (χ4v) is 4.70. The van der Waals surface area contributed by atoms with E-state index >= 15 is 0 Å². The molecule has 0 amide bonds. The Kier molecular flexibility index (Phi) is 7.90. The van der Waals surface area contributed by atoms with E-state index in [1.54, 1.807) is 30.3 Å². The van der Waals surface area contributed by atoms with Crippen molar-refractivity contribution in [3.63, 3.8) is 0 Å². The SMILES string of the molecule is C#Cc1cn([C@@H]2O[C@H](COC(C)=O)[C@H](OS(=O)(=O)Cc3ccccc3)[C@H]2OC(C)=O)c(=O)nc1N. The minimum absolute atomic E-state index is 0.0485. The summed E-state index contributed by atoms with van der Waals surface area (Å²) in [6.45, 7) is 1.78. The van der Waals surface area contributed by atoms with Crippen molar-refractivity contribution in [1.82, 2.24) is 9.55 Å². The van der Waals surface area contributed by atoms with E-state index in [-0.39, 0.29) is 11.4 Å². The number of nitrogens with zero attached hydrogens (tertiary/aromatic N) is 2. The molecule has 1 saturated heterocycles. The number of hydrogen-bond donors (Lipinski definition) is 1. The third-order valence-corrected chi connectivity index (χ3v) is 6.10. The first-order valence-electron chi connectivity index (χ1n) is 10.3. The second-order valence-electron chi connectivity index (χ2n) is 7.56. The molecule has 35 heavy (non-hydrogen) atoms. The summed E-state index contributed by atoms with van der Waals surface area (Å²) in [5.74, 6) is 0.0871. The zero-order valence-corrected chi connectivity index (χ0v) is 19.6. The van der Waals surface area contributed by atoms with Crippen LogP contribution in [0.2, 0.25) is 0 Å². The highest BCUT2D eigenvalue weighted by molar-refractivity contribution is 7.85. The lowest BCUT2D eigenvalue weighted by Crippen LogP contribution is -2.42. The number of esters is 2. The van der Waals surface area contributed by atoms with Crippen LogP contribution in [0.5, 0.6) is 0 Å². The fourth-order valence-electron chi connectivity index (χ4n) is 3.46. The lowest BCUT2D eigenvalue weighted by molar-refractivity contribution is -0.155. The number of nitrogen functional groups attached to an aromatic ring is 1. The topological polar surface area (TPSA) is 166 Å². The van der Waals surface area contributed by atoms with E-state index in [1.165, 1.54) is 0 Å². The van der Waals surface area contributed by atoms with Crippen LogP contribution in [0.25, 0.3) is 0 Å². The largest absolute Gasteiger partial charge is 0.463 e. The van der Waals surface area contributed by atoms with Crippen molar-refractivity contribution in [2.45, 2.75) is 44.1 Å². The minimum Gasteiger partial charge on any atom is -0.463 e. The van der Waals surface area contributed by atoms with Gasteiger partial charge in [0.25, 0.3) is 10.1 Å². The van der Waals surface area contributed by atoms with E-state index in [0.29, 0.717) is 5.56 Å². The molecule has 0 radical (unpaired) electrons. The monoisotopic (exact) mass is 505 g/mol. The Morgan fingerprint density at radius 2 is 1.89 bits per heavy atom. The minimum atomic E-state index is -4.26. The highest BCUT2D eigenvalue weighted by atomic mass is 32.2. The zero-order valence-electron chi connectivity index (χ0n) is 18.8. The van der Waals surface area contributed by atoms with Gasteiger partial charge in [0.1, 0.15) is 30.4 Å². The lowest BCUT2D eigenvalue weighted by Gasteiger charge is -2.24. The molecule has 0 bridgehead atoms. The van der Waals surface area contributed by atoms with E-state index in [2.05, 4.69) is 10.9 Å². The van der Waals surface area contributed by atoms with Crippen LogP contribution in [0, 0.1) is 12.3 Å². The Balaban J connectivity index is 2.02. The Bertz CT molecular complexity index is 1300. The van der Waals surface area contributed by atoms with Gasteiger partial charge in [0.15, 0.2) is 12.3 Å². The number of benzene rings is 1. The zero-order chi connectivity index (χ0) is 25.8. The summed E-state index contributed by atoms with van der Waals surface area (Å²) < 4.78 is 48.2. The second-order valence-corrected chi connectivity index (χ2v) is 9.16. The molecule has 12 nitrogen and oxygen atoms in total. The quantitative estimate of drug-likeness (QED) is 0.294. The molecule has 2 heterocycles. The van der Waals surface area contributed by atoms with Crippen molar-refractivity contribution in [2.75, 3.05) is 12.3 Å². The number of carbonyl (C=O) groups excluding carboxylic acids is 2. The molecule has 186 valence electrons. The van der Waals surface area contributed by atoms with Crippen molar-refractivity contribution < 1.29 is 36.4 Å². The maximum Gasteiger partial charge on any atom is 0.351 e. The highest BCUT2D eigenvalue weighted by Gasteiger charge is 2.51. The molecule has 4 atom stereocenters. The van der Waals surface area contributed by atoms with Gasteiger partial charge in [-0.2, -0.15) is 13.4 Å². The van der Waals surface area contributed by atoms with E-state index in [9.17, 15) is 22.8 Å². The predicted octanol–water partition coefficient (Wildman–Crippen LogP) is 0.114. The van der Waals surface area contributed by atoms with Gasteiger partial charge in [-0.05, 0) is 5.56 Å². The molecule has 13 heteroatoms. The Hall–Kier alpha value is -3.73. The number of rotatable bonds is 8. The van der Waals surface area contributed by atoms with Gasteiger partial charge in [-0.1, -0.05) is 36.3 Å². The van der Waals surface area contributed by atoms with Crippen LogP contribution >= 0.6 is 0 Å². The Labute approximate surface area is 201 Å². The summed E-state index contributed by atoms with van der Waals surface area (Å²) in [7, 11) is -4.26. The van der Waals surface area contributed by atoms with Gasteiger partial charge in [-0.25, -0.2) is 4.79 Å². The van der Waals surface area contributed by atoms with E-state index in [4.69, 9.17) is 30.6 Å². The Morgan fingerprint density at radius 3 is 2.49 bits per heavy atom. The average Bonchev–Trinajstić information content (AvgIpc) is 3.08. The molecule has 0 spiro atoms. The predicted molar refractivity (Wildman–Crippen MR) is 121 cm³/mol. The molecular weight excluding hydrogens is 482 g/mol. The summed E-state index contributed by atoms with van der Waals surface area (Å²) >= 11 is 0. The van der Waals surface area contributed by atoms with Gasteiger partial charge in [0.05, 0.1) is 5.56 Å². The number of hydrogen-bond acceptors (Lipinski definition) is 11. The molecule has 1 fully saturated rings. The van der Waals surface area contributed by atoms with E-state index in [0.717, 1.165) is 24.6 Å². The summed E-state index contributed by atoms with van der Waals surface area (Å²) in [6, 6.07) is 8.23. The molecule has 1 aromatic heterocycles. The van der Waals surface area contributed by atoms with E-state index < -0.39 is 64.6 Å². The molecule has 0 aliphatic carbocycles. The fraction of sp³-hybridized carbons (Fsp3) is 0.364. The lowest BCUT2D eigenvalue weighted by atomic mass is 10.1. The van der Waals surface area contributed by atoms with Crippen LogP contribution in [0.3, 0.4) is 0 Å². The molecule has 1 aliphatic heterocycles. The maximum absolute atomic E-state index is 12.9. The summed E-state index contributed by atoms with van der Waals surface area (Å²) in [6.07, 6.45) is 0.986. The number of nitrogens with two attached hydrogens (primary N) is 1. The smallest absolute Gasteiger partial charge is 0.351 e. The highest BCUT2D eigenvalue weighted by Crippen LogP contribution is 2.35. The van der Waals surface area contributed by atoms with Gasteiger partial charge in [0.2, 0.25) is 0 Å². The summed E-state index contributed by atoms with van der Waals surface area (Å²) in [5, 5.41) is 0. The van der Waals surface area contributed by atoms with Crippen LogP contribution < -0.4 is 11.4 Å². The molecule has 2 N–H and O–H groups in total.